The van der Waals surface area contributed by atoms with Crippen molar-refractivity contribution in [2.24, 2.45) is 0 Å². The second-order valence-corrected chi connectivity index (χ2v) is 4.42. The lowest BCUT2D eigenvalue weighted by Crippen LogP contribution is -1.92. The molecule has 2 N–H and O–H groups in total. The summed E-state index contributed by atoms with van der Waals surface area (Å²) >= 11 is 12.1. The molecule has 0 unspecified atom stereocenters. The Hall–Kier alpha value is -1.38. The van der Waals surface area contributed by atoms with Gasteiger partial charge in [-0.25, -0.2) is 0 Å². The highest BCUT2D eigenvalue weighted by molar-refractivity contribution is 6.35. The lowest BCUT2D eigenvalue weighted by atomic mass is 10.0. The highest BCUT2D eigenvalue weighted by Gasteiger charge is 2.08. The molecule has 0 aliphatic carbocycles. The summed E-state index contributed by atoms with van der Waals surface area (Å²) in [6.07, 6.45) is 0. The Morgan fingerprint density at radius 2 is 1.76 bits per heavy atom. The van der Waals surface area contributed by atoms with Gasteiger partial charge in [0.2, 0.25) is 0 Å². The van der Waals surface area contributed by atoms with Crippen LogP contribution in [0, 0.1) is 0 Å². The first-order valence-corrected chi connectivity index (χ1v) is 5.76. The van der Waals surface area contributed by atoms with E-state index in [9.17, 15) is 0 Å². The van der Waals surface area contributed by atoms with Gasteiger partial charge in [0, 0.05) is 32.9 Å². The molecule has 0 aromatic heterocycles. The molecule has 0 spiro atoms. The first kappa shape index (κ1) is 12.1. The molecule has 17 heavy (non-hydrogen) atoms. The second kappa shape index (κ2) is 4.86. The van der Waals surface area contributed by atoms with Crippen molar-refractivity contribution in [2.75, 3.05) is 12.8 Å². The third-order valence-electron chi connectivity index (χ3n) is 2.48. The minimum absolute atomic E-state index is 0.605. The highest BCUT2D eigenvalue weighted by atomic mass is 35.5. The maximum absolute atomic E-state index is 6.13. The zero-order valence-corrected chi connectivity index (χ0v) is 10.7. The predicted octanol–water partition coefficient (Wildman–Crippen LogP) is 4.25. The number of hydrogen-bond donors (Lipinski definition) is 1. The Balaban J connectivity index is 2.56. The fraction of sp³-hybridized carbons (Fsp3) is 0.0769. The molecule has 4 heteroatoms. The Bertz CT molecular complexity index is 555. The van der Waals surface area contributed by atoms with Gasteiger partial charge >= 0.3 is 0 Å². The molecular formula is C13H11Cl2NO. The van der Waals surface area contributed by atoms with Gasteiger partial charge in [-0.1, -0.05) is 23.2 Å². The van der Waals surface area contributed by atoms with E-state index in [1.807, 2.05) is 12.1 Å². The molecule has 0 aliphatic heterocycles. The van der Waals surface area contributed by atoms with Gasteiger partial charge in [-0.3, -0.25) is 0 Å². The van der Waals surface area contributed by atoms with Gasteiger partial charge < -0.3 is 10.5 Å². The number of ether oxygens (including phenoxy) is 1. The fourth-order valence-electron chi connectivity index (χ4n) is 1.62. The quantitative estimate of drug-likeness (QED) is 0.826. The molecule has 2 aromatic carbocycles. The van der Waals surface area contributed by atoms with Crippen LogP contribution in [-0.4, -0.2) is 7.11 Å². The fourth-order valence-corrected chi connectivity index (χ4v) is 2.01. The molecule has 2 nitrogen and oxygen atoms in total. The van der Waals surface area contributed by atoms with Gasteiger partial charge in [-0.2, -0.15) is 0 Å². The van der Waals surface area contributed by atoms with Gasteiger partial charge in [-0.15, -0.1) is 0 Å². The molecule has 0 bridgehead atoms. The van der Waals surface area contributed by atoms with Crippen molar-refractivity contribution in [1.82, 2.24) is 0 Å². The average Bonchev–Trinajstić information content (AvgIpc) is 2.32. The summed E-state index contributed by atoms with van der Waals surface area (Å²) < 4.78 is 5.10. The minimum Gasteiger partial charge on any atom is -0.497 e. The number of benzene rings is 2. The zero-order chi connectivity index (χ0) is 12.4. The van der Waals surface area contributed by atoms with E-state index < -0.39 is 0 Å². The lowest BCUT2D eigenvalue weighted by Gasteiger charge is -2.10. The molecule has 88 valence electrons. The van der Waals surface area contributed by atoms with E-state index in [1.165, 1.54) is 0 Å². The van der Waals surface area contributed by atoms with Gasteiger partial charge in [0.15, 0.2) is 0 Å². The summed E-state index contributed by atoms with van der Waals surface area (Å²) in [5.74, 6) is 0.712. The first-order valence-electron chi connectivity index (χ1n) is 5.01. The Kier molecular flexibility index (Phi) is 3.46. The summed E-state index contributed by atoms with van der Waals surface area (Å²) in [7, 11) is 1.60. The van der Waals surface area contributed by atoms with Crippen molar-refractivity contribution in [1.29, 1.82) is 0 Å². The van der Waals surface area contributed by atoms with Crippen LogP contribution in [0.3, 0.4) is 0 Å². The van der Waals surface area contributed by atoms with Crippen LogP contribution < -0.4 is 10.5 Å². The molecule has 0 amide bonds. The van der Waals surface area contributed by atoms with Crippen molar-refractivity contribution in [3.8, 4) is 16.9 Å². The number of nitrogens with two attached hydrogens (primary N) is 1. The number of methoxy groups -OCH3 is 1. The number of rotatable bonds is 2. The van der Waals surface area contributed by atoms with Crippen LogP contribution >= 0.6 is 23.2 Å². The van der Waals surface area contributed by atoms with Gasteiger partial charge in [0.05, 0.1) is 7.11 Å². The minimum atomic E-state index is 0.605. The van der Waals surface area contributed by atoms with Crippen LogP contribution in [0.4, 0.5) is 5.69 Å². The topological polar surface area (TPSA) is 35.2 Å². The lowest BCUT2D eigenvalue weighted by molar-refractivity contribution is 0.415. The molecule has 2 rings (SSSR count). The van der Waals surface area contributed by atoms with Crippen LogP contribution in [0.15, 0.2) is 36.4 Å². The molecule has 0 heterocycles. The number of halogens is 2. The third-order valence-corrected chi connectivity index (χ3v) is 3.04. The van der Waals surface area contributed by atoms with Gasteiger partial charge in [0.1, 0.15) is 5.75 Å². The maximum Gasteiger partial charge on any atom is 0.120 e. The van der Waals surface area contributed by atoms with Crippen LogP contribution in [0.5, 0.6) is 5.75 Å². The molecule has 0 saturated heterocycles. The monoisotopic (exact) mass is 267 g/mol. The van der Waals surface area contributed by atoms with Crippen LogP contribution in [0.25, 0.3) is 11.1 Å². The maximum atomic E-state index is 6.13. The normalized spacial score (nSPS) is 10.3. The van der Waals surface area contributed by atoms with Gasteiger partial charge in [-0.05, 0) is 30.3 Å². The first-order chi connectivity index (χ1) is 8.11. The molecule has 0 atom stereocenters. The summed E-state index contributed by atoms with van der Waals surface area (Å²) in [6.45, 7) is 0. The summed E-state index contributed by atoms with van der Waals surface area (Å²) in [6, 6.07) is 10.7. The van der Waals surface area contributed by atoms with E-state index >= 15 is 0 Å². The molecule has 2 aromatic rings. The standard InChI is InChI=1S/C13H11Cl2NO/c1-17-9-3-4-10(13(16)7-9)11-6-8(14)2-5-12(11)15/h2-7H,16H2,1H3. The number of anilines is 1. The van der Waals surface area contributed by atoms with Crippen molar-refractivity contribution < 1.29 is 4.74 Å². The molecular weight excluding hydrogens is 257 g/mol. The molecule has 0 fully saturated rings. The van der Waals surface area contributed by atoms with Gasteiger partial charge in [0.25, 0.3) is 0 Å². The number of nitrogen functional groups attached to an aromatic ring is 1. The second-order valence-electron chi connectivity index (χ2n) is 3.58. The molecule has 0 radical (unpaired) electrons. The van der Waals surface area contributed by atoms with Crippen LogP contribution in [0.2, 0.25) is 10.0 Å². The van der Waals surface area contributed by atoms with E-state index in [-0.39, 0.29) is 0 Å². The Morgan fingerprint density at radius 3 is 2.41 bits per heavy atom. The van der Waals surface area contributed by atoms with E-state index in [0.29, 0.717) is 21.5 Å². The molecule has 0 aliphatic rings. The van der Waals surface area contributed by atoms with E-state index in [1.54, 1.807) is 31.4 Å². The van der Waals surface area contributed by atoms with E-state index in [4.69, 9.17) is 33.7 Å². The third kappa shape index (κ3) is 2.48. The van der Waals surface area contributed by atoms with Crippen molar-refractivity contribution >= 4 is 28.9 Å². The van der Waals surface area contributed by atoms with Crippen molar-refractivity contribution in [2.45, 2.75) is 0 Å². The predicted molar refractivity (Wildman–Crippen MR) is 72.9 cm³/mol. The molecule has 0 saturated carbocycles. The van der Waals surface area contributed by atoms with E-state index in [2.05, 4.69) is 0 Å². The summed E-state index contributed by atoms with van der Waals surface area (Å²) in [5, 5.41) is 1.24. The Morgan fingerprint density at radius 1 is 1.00 bits per heavy atom. The Labute approximate surface area is 110 Å². The largest absolute Gasteiger partial charge is 0.497 e. The van der Waals surface area contributed by atoms with Crippen LogP contribution in [-0.2, 0) is 0 Å². The van der Waals surface area contributed by atoms with Crippen molar-refractivity contribution in [3.63, 3.8) is 0 Å². The summed E-state index contributed by atoms with van der Waals surface area (Å²) in [5.41, 5.74) is 8.24. The smallest absolute Gasteiger partial charge is 0.120 e. The SMILES string of the molecule is COc1ccc(-c2cc(Cl)ccc2Cl)c(N)c1. The number of hydrogen-bond acceptors (Lipinski definition) is 2. The van der Waals surface area contributed by atoms with Crippen LogP contribution in [0.1, 0.15) is 0 Å². The van der Waals surface area contributed by atoms with E-state index in [0.717, 1.165) is 11.1 Å². The summed E-state index contributed by atoms with van der Waals surface area (Å²) in [4.78, 5) is 0. The highest BCUT2D eigenvalue weighted by Crippen LogP contribution is 2.35. The average molecular weight is 268 g/mol. The van der Waals surface area contributed by atoms with Crippen molar-refractivity contribution in [3.05, 3.63) is 46.4 Å². The zero-order valence-electron chi connectivity index (χ0n) is 9.21.